The molecule has 0 bridgehead atoms. The predicted molar refractivity (Wildman–Crippen MR) is 69.4 cm³/mol. The van der Waals surface area contributed by atoms with Gasteiger partial charge in [0.15, 0.2) is 0 Å². The first kappa shape index (κ1) is 14.6. The van der Waals surface area contributed by atoms with Gasteiger partial charge < -0.3 is 9.47 Å². The summed E-state index contributed by atoms with van der Waals surface area (Å²) >= 11 is 3.21. The second-order valence-corrected chi connectivity index (χ2v) is 5.17. The first-order chi connectivity index (χ1) is 8.09. The minimum atomic E-state index is -0.248. The van der Waals surface area contributed by atoms with E-state index < -0.39 is 0 Å². The third-order valence-corrected chi connectivity index (χ3v) is 2.59. The molecule has 0 atom stereocenters. The van der Waals surface area contributed by atoms with Crippen LogP contribution in [0.2, 0.25) is 0 Å². The van der Waals surface area contributed by atoms with Crippen molar-refractivity contribution in [2.45, 2.75) is 20.5 Å². The van der Waals surface area contributed by atoms with Crippen LogP contribution in [-0.2, 0) is 16.1 Å². The standard InChI is InChI=1S/C13H18BrFO2/c1-10(2)8-16-5-6-17-9-11-3-4-12(14)7-13(11)15/h3-4,7,10H,5-6,8-9H2,1-2H3. The monoisotopic (exact) mass is 304 g/mol. The third kappa shape index (κ3) is 6.15. The molecule has 0 radical (unpaired) electrons. The molecule has 0 saturated heterocycles. The summed E-state index contributed by atoms with van der Waals surface area (Å²) in [4.78, 5) is 0. The number of hydrogen-bond donors (Lipinski definition) is 0. The summed E-state index contributed by atoms with van der Waals surface area (Å²) < 4.78 is 24.8. The SMILES string of the molecule is CC(C)COCCOCc1ccc(Br)cc1F. The molecule has 1 aromatic rings. The van der Waals surface area contributed by atoms with Crippen LogP contribution in [0.1, 0.15) is 19.4 Å². The summed E-state index contributed by atoms with van der Waals surface area (Å²) in [7, 11) is 0. The van der Waals surface area contributed by atoms with Crippen LogP contribution in [0.25, 0.3) is 0 Å². The summed E-state index contributed by atoms with van der Waals surface area (Å²) in [6, 6.07) is 4.96. The van der Waals surface area contributed by atoms with E-state index in [0.29, 0.717) is 24.7 Å². The normalized spacial score (nSPS) is 11.1. The van der Waals surface area contributed by atoms with Crippen molar-refractivity contribution >= 4 is 15.9 Å². The highest BCUT2D eigenvalue weighted by Crippen LogP contribution is 2.15. The van der Waals surface area contributed by atoms with Gasteiger partial charge in [-0.15, -0.1) is 0 Å². The maximum atomic E-state index is 13.4. The van der Waals surface area contributed by atoms with E-state index in [1.54, 1.807) is 12.1 Å². The highest BCUT2D eigenvalue weighted by Gasteiger charge is 2.02. The van der Waals surface area contributed by atoms with Gasteiger partial charge in [0.1, 0.15) is 5.82 Å². The first-order valence-corrected chi connectivity index (χ1v) is 6.48. The first-order valence-electron chi connectivity index (χ1n) is 5.69. The summed E-state index contributed by atoms with van der Waals surface area (Å²) in [5, 5.41) is 0. The second-order valence-electron chi connectivity index (χ2n) is 4.26. The van der Waals surface area contributed by atoms with Gasteiger partial charge in [0.25, 0.3) is 0 Å². The van der Waals surface area contributed by atoms with Crippen LogP contribution in [0, 0.1) is 11.7 Å². The van der Waals surface area contributed by atoms with E-state index in [1.807, 2.05) is 0 Å². The van der Waals surface area contributed by atoms with E-state index in [0.717, 1.165) is 11.1 Å². The third-order valence-electron chi connectivity index (χ3n) is 2.10. The molecule has 0 aliphatic heterocycles. The summed E-state index contributed by atoms with van der Waals surface area (Å²) in [5.74, 6) is 0.279. The molecule has 2 nitrogen and oxygen atoms in total. The lowest BCUT2D eigenvalue weighted by Gasteiger charge is -2.08. The largest absolute Gasteiger partial charge is 0.379 e. The van der Waals surface area contributed by atoms with Gasteiger partial charge in [0.2, 0.25) is 0 Å². The lowest BCUT2D eigenvalue weighted by molar-refractivity contribution is 0.0307. The lowest BCUT2D eigenvalue weighted by Crippen LogP contribution is -2.08. The molecule has 96 valence electrons. The van der Waals surface area contributed by atoms with Crippen molar-refractivity contribution in [1.82, 2.24) is 0 Å². The lowest BCUT2D eigenvalue weighted by atomic mass is 10.2. The molecule has 0 aliphatic rings. The van der Waals surface area contributed by atoms with Crippen molar-refractivity contribution in [3.05, 3.63) is 34.1 Å². The average Bonchev–Trinajstić information content (AvgIpc) is 2.25. The van der Waals surface area contributed by atoms with Gasteiger partial charge in [-0.25, -0.2) is 4.39 Å². The van der Waals surface area contributed by atoms with Crippen molar-refractivity contribution in [3.63, 3.8) is 0 Å². The van der Waals surface area contributed by atoms with Crippen LogP contribution in [0.5, 0.6) is 0 Å². The fourth-order valence-electron chi connectivity index (χ4n) is 1.26. The number of halogens is 2. The Bertz CT molecular complexity index is 342. The smallest absolute Gasteiger partial charge is 0.129 e. The Morgan fingerprint density at radius 2 is 1.94 bits per heavy atom. The predicted octanol–water partition coefficient (Wildman–Crippen LogP) is 3.78. The van der Waals surface area contributed by atoms with E-state index in [-0.39, 0.29) is 12.4 Å². The number of rotatable bonds is 7. The van der Waals surface area contributed by atoms with Crippen LogP contribution in [-0.4, -0.2) is 19.8 Å². The van der Waals surface area contributed by atoms with Gasteiger partial charge in [0.05, 0.1) is 19.8 Å². The molecule has 0 N–H and O–H groups in total. The Morgan fingerprint density at radius 1 is 1.24 bits per heavy atom. The molecule has 0 unspecified atom stereocenters. The fraction of sp³-hybridized carbons (Fsp3) is 0.538. The Hall–Kier alpha value is -0.450. The van der Waals surface area contributed by atoms with Crippen molar-refractivity contribution in [2.24, 2.45) is 5.92 Å². The van der Waals surface area contributed by atoms with Crippen molar-refractivity contribution in [2.75, 3.05) is 19.8 Å². The number of ether oxygens (including phenoxy) is 2. The maximum absolute atomic E-state index is 13.4. The van der Waals surface area contributed by atoms with E-state index in [1.165, 1.54) is 6.07 Å². The van der Waals surface area contributed by atoms with Crippen LogP contribution >= 0.6 is 15.9 Å². The van der Waals surface area contributed by atoms with Crippen molar-refractivity contribution in [3.8, 4) is 0 Å². The summed E-state index contributed by atoms with van der Waals surface area (Å²) in [5.41, 5.74) is 0.567. The van der Waals surface area contributed by atoms with E-state index in [2.05, 4.69) is 29.8 Å². The molecule has 0 aromatic heterocycles. The van der Waals surface area contributed by atoms with Gasteiger partial charge in [-0.3, -0.25) is 0 Å². The molecule has 0 spiro atoms. The Balaban J connectivity index is 2.18. The van der Waals surface area contributed by atoms with Crippen molar-refractivity contribution in [1.29, 1.82) is 0 Å². The zero-order valence-corrected chi connectivity index (χ0v) is 11.8. The highest BCUT2D eigenvalue weighted by atomic mass is 79.9. The van der Waals surface area contributed by atoms with Gasteiger partial charge >= 0.3 is 0 Å². The van der Waals surface area contributed by atoms with E-state index in [4.69, 9.17) is 9.47 Å². The van der Waals surface area contributed by atoms with Gasteiger partial charge in [-0.2, -0.15) is 0 Å². The molecule has 4 heteroatoms. The summed E-state index contributed by atoms with van der Waals surface area (Å²) in [6.07, 6.45) is 0. The minimum absolute atomic E-state index is 0.248. The zero-order valence-electron chi connectivity index (χ0n) is 10.2. The molecule has 17 heavy (non-hydrogen) atoms. The Labute approximate surface area is 110 Å². The van der Waals surface area contributed by atoms with Gasteiger partial charge in [0, 0.05) is 16.6 Å². The molecule has 0 fully saturated rings. The highest BCUT2D eigenvalue weighted by molar-refractivity contribution is 9.10. The molecule has 0 saturated carbocycles. The zero-order chi connectivity index (χ0) is 12.7. The average molecular weight is 305 g/mol. The molecule has 0 amide bonds. The molecule has 0 heterocycles. The van der Waals surface area contributed by atoms with Gasteiger partial charge in [-0.05, 0) is 18.1 Å². The van der Waals surface area contributed by atoms with Crippen LogP contribution < -0.4 is 0 Å². The molecule has 1 aromatic carbocycles. The number of hydrogen-bond acceptors (Lipinski definition) is 2. The minimum Gasteiger partial charge on any atom is -0.379 e. The Morgan fingerprint density at radius 3 is 2.59 bits per heavy atom. The van der Waals surface area contributed by atoms with Crippen LogP contribution in [0.4, 0.5) is 4.39 Å². The topological polar surface area (TPSA) is 18.5 Å². The molecular formula is C13H18BrFO2. The second kappa shape index (κ2) is 7.80. The Kier molecular flexibility index (Phi) is 6.70. The van der Waals surface area contributed by atoms with E-state index in [9.17, 15) is 4.39 Å². The van der Waals surface area contributed by atoms with Crippen molar-refractivity contribution < 1.29 is 13.9 Å². The maximum Gasteiger partial charge on any atom is 0.129 e. The summed E-state index contributed by atoms with van der Waals surface area (Å²) in [6.45, 7) is 6.24. The molecule has 1 rings (SSSR count). The quantitative estimate of drug-likeness (QED) is 0.714. The van der Waals surface area contributed by atoms with E-state index >= 15 is 0 Å². The van der Waals surface area contributed by atoms with Crippen LogP contribution in [0.3, 0.4) is 0 Å². The molecule has 0 aliphatic carbocycles. The number of benzene rings is 1. The fourth-order valence-corrected chi connectivity index (χ4v) is 1.59. The van der Waals surface area contributed by atoms with Gasteiger partial charge in [-0.1, -0.05) is 35.8 Å². The molecular weight excluding hydrogens is 287 g/mol. The van der Waals surface area contributed by atoms with Crippen LogP contribution in [0.15, 0.2) is 22.7 Å².